The van der Waals surface area contributed by atoms with Crippen LogP contribution in [0, 0.1) is 5.92 Å². The molecule has 3 nitrogen and oxygen atoms in total. The Labute approximate surface area is 96.9 Å². The minimum absolute atomic E-state index is 0.00369. The standard InChI is InChI=1S/C11H12BrNO2/c12-9-2-1-3-10(6-9)13-11(14)8-4-5-15-7-8/h1-3,6,8H,4-5,7H2,(H,13,14). The van der Waals surface area contributed by atoms with E-state index in [4.69, 9.17) is 4.74 Å². The maximum Gasteiger partial charge on any atom is 0.229 e. The van der Waals surface area contributed by atoms with Gasteiger partial charge in [-0.15, -0.1) is 0 Å². The summed E-state index contributed by atoms with van der Waals surface area (Å²) in [4.78, 5) is 11.7. The highest BCUT2D eigenvalue weighted by atomic mass is 79.9. The molecule has 0 bridgehead atoms. The average Bonchev–Trinajstić information content (AvgIpc) is 2.70. The molecule has 0 spiro atoms. The van der Waals surface area contributed by atoms with Gasteiger partial charge in [0.05, 0.1) is 12.5 Å². The third-order valence-electron chi connectivity index (χ3n) is 2.39. The number of hydrogen-bond donors (Lipinski definition) is 1. The molecule has 0 aliphatic carbocycles. The van der Waals surface area contributed by atoms with Gasteiger partial charge in [-0.25, -0.2) is 0 Å². The summed E-state index contributed by atoms with van der Waals surface area (Å²) in [5.74, 6) is 0.0505. The second-order valence-corrected chi connectivity index (χ2v) is 4.48. The van der Waals surface area contributed by atoms with Crippen molar-refractivity contribution in [3.63, 3.8) is 0 Å². The molecule has 15 heavy (non-hydrogen) atoms. The molecule has 2 rings (SSSR count). The van der Waals surface area contributed by atoms with Crippen LogP contribution in [-0.4, -0.2) is 19.1 Å². The highest BCUT2D eigenvalue weighted by Crippen LogP contribution is 2.18. The first kappa shape index (κ1) is 10.6. The van der Waals surface area contributed by atoms with Gasteiger partial charge in [-0.2, -0.15) is 0 Å². The molecule has 4 heteroatoms. The highest BCUT2D eigenvalue weighted by Gasteiger charge is 2.23. The zero-order chi connectivity index (χ0) is 10.7. The van der Waals surface area contributed by atoms with Gasteiger partial charge in [0.2, 0.25) is 5.91 Å². The summed E-state index contributed by atoms with van der Waals surface area (Å²) in [6, 6.07) is 7.57. The lowest BCUT2D eigenvalue weighted by Gasteiger charge is -2.09. The number of carbonyl (C=O) groups excluding carboxylic acids is 1. The van der Waals surface area contributed by atoms with E-state index in [-0.39, 0.29) is 11.8 Å². The van der Waals surface area contributed by atoms with E-state index in [0.717, 1.165) is 16.6 Å². The molecule has 1 fully saturated rings. The molecule has 0 aromatic heterocycles. The Balaban J connectivity index is 1.99. The fourth-order valence-electron chi connectivity index (χ4n) is 1.55. The smallest absolute Gasteiger partial charge is 0.229 e. The predicted octanol–water partition coefficient (Wildman–Crippen LogP) is 2.42. The van der Waals surface area contributed by atoms with E-state index in [1.54, 1.807) is 0 Å². The lowest BCUT2D eigenvalue weighted by Crippen LogP contribution is -2.22. The molecule has 1 unspecified atom stereocenters. The normalized spacial score (nSPS) is 20.2. The van der Waals surface area contributed by atoms with Crippen molar-refractivity contribution >= 4 is 27.5 Å². The molecular formula is C11H12BrNO2. The number of rotatable bonds is 2. The molecule has 1 N–H and O–H groups in total. The van der Waals surface area contributed by atoms with Crippen LogP contribution in [0.2, 0.25) is 0 Å². The number of ether oxygens (including phenoxy) is 1. The van der Waals surface area contributed by atoms with Gasteiger partial charge in [-0.1, -0.05) is 22.0 Å². The van der Waals surface area contributed by atoms with Crippen LogP contribution in [0.3, 0.4) is 0 Å². The van der Waals surface area contributed by atoms with Crippen LogP contribution >= 0.6 is 15.9 Å². The molecule has 0 radical (unpaired) electrons. The molecule has 1 atom stereocenters. The quantitative estimate of drug-likeness (QED) is 0.896. The molecule has 1 aliphatic heterocycles. The Morgan fingerprint density at radius 3 is 3.07 bits per heavy atom. The molecule has 1 amide bonds. The fourth-order valence-corrected chi connectivity index (χ4v) is 1.95. The van der Waals surface area contributed by atoms with E-state index in [1.165, 1.54) is 0 Å². The zero-order valence-electron chi connectivity index (χ0n) is 8.20. The number of amides is 1. The van der Waals surface area contributed by atoms with Crippen LogP contribution in [0.15, 0.2) is 28.7 Å². The van der Waals surface area contributed by atoms with Crippen molar-refractivity contribution in [2.75, 3.05) is 18.5 Å². The second kappa shape index (κ2) is 4.77. The van der Waals surface area contributed by atoms with Crippen molar-refractivity contribution < 1.29 is 9.53 Å². The summed E-state index contributed by atoms with van der Waals surface area (Å²) in [5, 5.41) is 2.88. The van der Waals surface area contributed by atoms with E-state index >= 15 is 0 Å². The first-order valence-corrected chi connectivity index (χ1v) is 5.69. The van der Waals surface area contributed by atoms with E-state index in [1.807, 2.05) is 24.3 Å². The summed E-state index contributed by atoms with van der Waals surface area (Å²) in [7, 11) is 0. The summed E-state index contributed by atoms with van der Waals surface area (Å²) in [6.07, 6.45) is 0.819. The van der Waals surface area contributed by atoms with Crippen molar-refractivity contribution in [3.8, 4) is 0 Å². The molecule has 1 heterocycles. The molecule has 1 saturated heterocycles. The Bertz CT molecular complexity index is 361. The maximum absolute atomic E-state index is 11.7. The van der Waals surface area contributed by atoms with Crippen LogP contribution < -0.4 is 5.32 Å². The number of carbonyl (C=O) groups is 1. The number of anilines is 1. The van der Waals surface area contributed by atoms with Crippen LogP contribution in [0.25, 0.3) is 0 Å². The molecule has 0 saturated carbocycles. The van der Waals surface area contributed by atoms with Crippen molar-refractivity contribution in [2.24, 2.45) is 5.92 Å². The van der Waals surface area contributed by atoms with E-state index in [2.05, 4.69) is 21.2 Å². The van der Waals surface area contributed by atoms with E-state index in [0.29, 0.717) is 13.2 Å². The van der Waals surface area contributed by atoms with Gasteiger partial charge in [0.25, 0.3) is 0 Å². The Morgan fingerprint density at radius 2 is 2.40 bits per heavy atom. The number of nitrogens with one attached hydrogen (secondary N) is 1. The monoisotopic (exact) mass is 269 g/mol. The molecule has 80 valence electrons. The SMILES string of the molecule is O=C(Nc1cccc(Br)c1)C1CCOC1. The molecule has 1 aromatic rings. The first-order chi connectivity index (χ1) is 7.25. The van der Waals surface area contributed by atoms with Crippen molar-refractivity contribution in [1.82, 2.24) is 0 Å². The van der Waals surface area contributed by atoms with Crippen molar-refractivity contribution in [3.05, 3.63) is 28.7 Å². The first-order valence-electron chi connectivity index (χ1n) is 4.90. The summed E-state index contributed by atoms with van der Waals surface area (Å²) < 4.78 is 6.13. The maximum atomic E-state index is 11.7. The van der Waals surface area contributed by atoms with Gasteiger partial charge in [0.1, 0.15) is 0 Å². The lowest BCUT2D eigenvalue weighted by molar-refractivity contribution is -0.119. The second-order valence-electron chi connectivity index (χ2n) is 3.56. The van der Waals surface area contributed by atoms with Crippen molar-refractivity contribution in [2.45, 2.75) is 6.42 Å². The van der Waals surface area contributed by atoms with E-state index in [9.17, 15) is 4.79 Å². The van der Waals surface area contributed by atoms with Crippen molar-refractivity contribution in [1.29, 1.82) is 0 Å². The number of halogens is 1. The molecule has 1 aromatic carbocycles. The predicted molar refractivity (Wildman–Crippen MR) is 61.7 cm³/mol. The Hall–Kier alpha value is -0.870. The zero-order valence-corrected chi connectivity index (χ0v) is 9.79. The van der Waals surface area contributed by atoms with Crippen LogP contribution in [0.1, 0.15) is 6.42 Å². The fraction of sp³-hybridized carbons (Fsp3) is 0.364. The minimum atomic E-state index is 0.00369. The third kappa shape index (κ3) is 2.79. The average molecular weight is 270 g/mol. The summed E-state index contributed by atoms with van der Waals surface area (Å²) in [5.41, 5.74) is 0.821. The molecular weight excluding hydrogens is 258 g/mol. The topological polar surface area (TPSA) is 38.3 Å². The van der Waals surface area contributed by atoms with Gasteiger partial charge in [-0.3, -0.25) is 4.79 Å². The van der Waals surface area contributed by atoms with Gasteiger partial charge in [0, 0.05) is 16.8 Å². The minimum Gasteiger partial charge on any atom is -0.381 e. The van der Waals surface area contributed by atoms with Crippen LogP contribution in [0.5, 0.6) is 0 Å². The Kier molecular flexibility index (Phi) is 3.38. The van der Waals surface area contributed by atoms with Gasteiger partial charge < -0.3 is 10.1 Å². The van der Waals surface area contributed by atoms with Gasteiger partial charge >= 0.3 is 0 Å². The number of benzene rings is 1. The largest absolute Gasteiger partial charge is 0.381 e. The number of hydrogen-bond acceptors (Lipinski definition) is 2. The highest BCUT2D eigenvalue weighted by molar-refractivity contribution is 9.10. The van der Waals surface area contributed by atoms with Gasteiger partial charge in [-0.05, 0) is 24.6 Å². The summed E-state index contributed by atoms with van der Waals surface area (Å²) in [6.45, 7) is 1.23. The van der Waals surface area contributed by atoms with Crippen LogP contribution in [-0.2, 0) is 9.53 Å². The Morgan fingerprint density at radius 1 is 1.53 bits per heavy atom. The van der Waals surface area contributed by atoms with Gasteiger partial charge in [0.15, 0.2) is 0 Å². The van der Waals surface area contributed by atoms with Crippen LogP contribution in [0.4, 0.5) is 5.69 Å². The summed E-state index contributed by atoms with van der Waals surface area (Å²) >= 11 is 3.36. The van der Waals surface area contributed by atoms with E-state index < -0.39 is 0 Å². The third-order valence-corrected chi connectivity index (χ3v) is 2.89. The molecule has 1 aliphatic rings. The lowest BCUT2D eigenvalue weighted by atomic mass is 10.1.